The Labute approximate surface area is 133 Å². The third-order valence-corrected chi connectivity index (χ3v) is 3.24. The van der Waals surface area contributed by atoms with Crippen LogP contribution < -0.4 is 10.6 Å². The van der Waals surface area contributed by atoms with Crippen LogP contribution in [0.25, 0.3) is 0 Å². The van der Waals surface area contributed by atoms with E-state index in [-0.39, 0.29) is 24.1 Å². The quantitative estimate of drug-likeness (QED) is 0.805. The van der Waals surface area contributed by atoms with E-state index < -0.39 is 0 Å². The van der Waals surface area contributed by atoms with E-state index in [1.807, 2.05) is 13.0 Å². The molecule has 0 bridgehead atoms. The summed E-state index contributed by atoms with van der Waals surface area (Å²) in [6.07, 6.45) is 2.40. The van der Waals surface area contributed by atoms with Crippen LogP contribution in [-0.2, 0) is 4.79 Å². The maximum atomic E-state index is 12.8. The molecule has 0 radical (unpaired) electrons. The van der Waals surface area contributed by atoms with Crippen molar-refractivity contribution in [1.82, 2.24) is 10.3 Å². The van der Waals surface area contributed by atoms with Crippen LogP contribution >= 0.6 is 0 Å². The van der Waals surface area contributed by atoms with Gasteiger partial charge in [-0.05, 0) is 49.2 Å². The Morgan fingerprint density at radius 1 is 1.17 bits per heavy atom. The van der Waals surface area contributed by atoms with E-state index in [2.05, 4.69) is 15.6 Å². The number of benzene rings is 1. The van der Waals surface area contributed by atoms with Gasteiger partial charge in [0.1, 0.15) is 11.6 Å². The molecule has 0 aliphatic carbocycles. The Hall–Kier alpha value is -2.76. The van der Waals surface area contributed by atoms with Crippen LogP contribution in [0.5, 0.6) is 0 Å². The zero-order valence-electron chi connectivity index (χ0n) is 12.8. The standard InChI is InChI=1S/C17H18FN3O2/c1-12-4-2-10-19-16(12)21-15(22)5-3-11-20-17(23)13-6-8-14(18)9-7-13/h2,4,6-10H,3,5,11H2,1H3,(H,20,23)(H,19,21,22). The van der Waals surface area contributed by atoms with Crippen LogP contribution in [0.3, 0.4) is 0 Å². The number of nitrogens with zero attached hydrogens (tertiary/aromatic N) is 1. The largest absolute Gasteiger partial charge is 0.352 e. The fraction of sp³-hybridized carbons (Fsp3) is 0.235. The summed E-state index contributed by atoms with van der Waals surface area (Å²) >= 11 is 0. The smallest absolute Gasteiger partial charge is 0.251 e. The van der Waals surface area contributed by atoms with Gasteiger partial charge in [-0.3, -0.25) is 9.59 Å². The Bertz CT molecular complexity index is 686. The second-order valence-electron chi connectivity index (χ2n) is 5.08. The van der Waals surface area contributed by atoms with Gasteiger partial charge in [0.25, 0.3) is 5.91 Å². The molecule has 5 nitrogen and oxygen atoms in total. The lowest BCUT2D eigenvalue weighted by atomic mass is 10.2. The number of hydrogen-bond acceptors (Lipinski definition) is 3. The van der Waals surface area contributed by atoms with E-state index in [4.69, 9.17) is 0 Å². The van der Waals surface area contributed by atoms with Crippen LogP contribution in [0.4, 0.5) is 10.2 Å². The van der Waals surface area contributed by atoms with Crippen molar-refractivity contribution < 1.29 is 14.0 Å². The Balaban J connectivity index is 1.71. The average Bonchev–Trinajstić information content (AvgIpc) is 2.54. The number of aryl methyl sites for hydroxylation is 1. The van der Waals surface area contributed by atoms with E-state index >= 15 is 0 Å². The van der Waals surface area contributed by atoms with Crippen LogP contribution in [0.15, 0.2) is 42.6 Å². The number of anilines is 1. The summed E-state index contributed by atoms with van der Waals surface area (Å²) in [5.41, 5.74) is 1.28. The van der Waals surface area contributed by atoms with Crippen molar-refractivity contribution in [1.29, 1.82) is 0 Å². The summed E-state index contributed by atoms with van der Waals surface area (Å²) < 4.78 is 12.8. The van der Waals surface area contributed by atoms with Crippen LogP contribution in [0.1, 0.15) is 28.8 Å². The zero-order chi connectivity index (χ0) is 16.7. The molecule has 0 unspecified atom stereocenters. The number of halogens is 1. The lowest BCUT2D eigenvalue weighted by Gasteiger charge is -2.07. The minimum Gasteiger partial charge on any atom is -0.352 e. The number of aromatic nitrogens is 1. The van der Waals surface area contributed by atoms with Crippen molar-refractivity contribution in [2.75, 3.05) is 11.9 Å². The molecule has 2 N–H and O–H groups in total. The number of rotatable bonds is 6. The SMILES string of the molecule is Cc1cccnc1NC(=O)CCCNC(=O)c1ccc(F)cc1. The Morgan fingerprint density at radius 2 is 1.91 bits per heavy atom. The fourth-order valence-corrected chi connectivity index (χ4v) is 1.97. The first-order valence-electron chi connectivity index (χ1n) is 7.31. The number of carbonyl (C=O) groups is 2. The highest BCUT2D eigenvalue weighted by atomic mass is 19.1. The van der Waals surface area contributed by atoms with Crippen molar-refractivity contribution >= 4 is 17.6 Å². The first-order valence-corrected chi connectivity index (χ1v) is 7.31. The normalized spacial score (nSPS) is 10.2. The zero-order valence-corrected chi connectivity index (χ0v) is 12.8. The minimum absolute atomic E-state index is 0.150. The van der Waals surface area contributed by atoms with Gasteiger partial charge in [-0.15, -0.1) is 0 Å². The molecule has 0 fully saturated rings. The first-order chi connectivity index (χ1) is 11.1. The summed E-state index contributed by atoms with van der Waals surface area (Å²) in [6.45, 7) is 2.23. The van der Waals surface area contributed by atoms with Crippen molar-refractivity contribution in [3.05, 3.63) is 59.5 Å². The summed E-state index contributed by atoms with van der Waals surface area (Å²) in [5, 5.41) is 5.42. The molecule has 120 valence electrons. The highest BCUT2D eigenvalue weighted by molar-refractivity contribution is 5.94. The molecule has 6 heteroatoms. The molecule has 0 saturated carbocycles. The molecule has 1 aromatic carbocycles. The predicted octanol–water partition coefficient (Wildman–Crippen LogP) is 2.68. The van der Waals surface area contributed by atoms with Crippen LogP contribution in [0.2, 0.25) is 0 Å². The lowest BCUT2D eigenvalue weighted by molar-refractivity contribution is -0.116. The van der Waals surface area contributed by atoms with Crippen molar-refractivity contribution in [3.8, 4) is 0 Å². The molecular formula is C17H18FN3O2. The molecule has 2 aromatic rings. The number of amides is 2. The molecule has 0 spiro atoms. The minimum atomic E-state index is -0.386. The summed E-state index contributed by atoms with van der Waals surface area (Å²) in [7, 11) is 0. The van der Waals surface area contributed by atoms with Gasteiger partial charge in [-0.1, -0.05) is 6.07 Å². The number of nitrogens with one attached hydrogen (secondary N) is 2. The van der Waals surface area contributed by atoms with Gasteiger partial charge >= 0.3 is 0 Å². The molecular weight excluding hydrogens is 297 g/mol. The van der Waals surface area contributed by atoms with Gasteiger partial charge in [-0.2, -0.15) is 0 Å². The molecule has 0 saturated heterocycles. The summed E-state index contributed by atoms with van der Waals surface area (Å²) in [6, 6.07) is 8.97. The third kappa shape index (κ3) is 5.18. The van der Waals surface area contributed by atoms with E-state index in [9.17, 15) is 14.0 Å². The Kier molecular flexibility index (Phi) is 5.80. The van der Waals surface area contributed by atoms with E-state index in [0.29, 0.717) is 24.3 Å². The number of pyridine rings is 1. The number of hydrogen-bond donors (Lipinski definition) is 2. The van der Waals surface area contributed by atoms with E-state index in [1.54, 1.807) is 12.3 Å². The molecule has 2 amide bonds. The van der Waals surface area contributed by atoms with Crippen molar-refractivity contribution in [2.24, 2.45) is 0 Å². The first kappa shape index (κ1) is 16.6. The van der Waals surface area contributed by atoms with Crippen molar-refractivity contribution in [3.63, 3.8) is 0 Å². The summed E-state index contributed by atoms with van der Waals surface area (Å²) in [4.78, 5) is 27.7. The van der Waals surface area contributed by atoms with E-state index in [0.717, 1.165) is 5.56 Å². The van der Waals surface area contributed by atoms with Gasteiger partial charge in [0.2, 0.25) is 5.91 Å². The highest BCUT2D eigenvalue weighted by Gasteiger charge is 2.07. The van der Waals surface area contributed by atoms with Gasteiger partial charge in [0, 0.05) is 24.7 Å². The van der Waals surface area contributed by atoms with Gasteiger partial charge in [0.15, 0.2) is 0 Å². The maximum absolute atomic E-state index is 12.8. The molecule has 1 aromatic heterocycles. The monoisotopic (exact) mass is 315 g/mol. The molecule has 1 heterocycles. The van der Waals surface area contributed by atoms with Crippen LogP contribution in [0, 0.1) is 12.7 Å². The van der Waals surface area contributed by atoms with Crippen LogP contribution in [-0.4, -0.2) is 23.3 Å². The van der Waals surface area contributed by atoms with Crippen molar-refractivity contribution in [2.45, 2.75) is 19.8 Å². The predicted molar refractivity (Wildman–Crippen MR) is 85.6 cm³/mol. The highest BCUT2D eigenvalue weighted by Crippen LogP contribution is 2.09. The molecule has 2 rings (SSSR count). The fourth-order valence-electron chi connectivity index (χ4n) is 1.97. The van der Waals surface area contributed by atoms with Gasteiger partial charge in [-0.25, -0.2) is 9.37 Å². The molecule has 0 aliphatic heterocycles. The van der Waals surface area contributed by atoms with Gasteiger partial charge < -0.3 is 10.6 Å². The maximum Gasteiger partial charge on any atom is 0.251 e. The topological polar surface area (TPSA) is 71.1 Å². The van der Waals surface area contributed by atoms with Gasteiger partial charge in [0.05, 0.1) is 0 Å². The summed E-state index contributed by atoms with van der Waals surface area (Å²) in [5.74, 6) is -0.273. The molecule has 23 heavy (non-hydrogen) atoms. The second-order valence-corrected chi connectivity index (χ2v) is 5.08. The molecule has 0 atom stereocenters. The van der Waals surface area contributed by atoms with E-state index in [1.165, 1.54) is 24.3 Å². The lowest BCUT2D eigenvalue weighted by Crippen LogP contribution is -2.25. The average molecular weight is 315 g/mol. The second kappa shape index (κ2) is 8.03. The molecule has 0 aliphatic rings. The Morgan fingerprint density at radius 3 is 2.61 bits per heavy atom. The number of carbonyl (C=O) groups excluding carboxylic acids is 2. The third-order valence-electron chi connectivity index (χ3n) is 3.24.